The topological polar surface area (TPSA) is 114 Å². The molecule has 1 fully saturated rings. The molecule has 4 rings (SSSR count). The standard InChI is InChI=1S/C27H23NO7S/c28-24(36)23-22(35-27(31)19-14-8-3-9-15-19)21(34-26(30)18-12-6-2-7-13-18)20(33-23)16-32-25(29)17-10-4-1-5-11-17/h1-15,20-23H,16H2,(H2,28,36)/t20-,21+,22?,23-/m1/s1. The minimum atomic E-state index is -1.16. The highest BCUT2D eigenvalue weighted by molar-refractivity contribution is 7.80. The summed E-state index contributed by atoms with van der Waals surface area (Å²) < 4.78 is 22.7. The third kappa shape index (κ3) is 5.94. The molecule has 1 saturated heterocycles. The van der Waals surface area contributed by atoms with E-state index in [2.05, 4.69) is 0 Å². The molecule has 1 aliphatic heterocycles. The maximum absolute atomic E-state index is 12.9. The molecular weight excluding hydrogens is 482 g/mol. The lowest BCUT2D eigenvalue weighted by Crippen LogP contribution is -2.44. The van der Waals surface area contributed by atoms with Gasteiger partial charge in [-0.2, -0.15) is 0 Å². The van der Waals surface area contributed by atoms with Gasteiger partial charge in [-0.3, -0.25) is 0 Å². The fourth-order valence-corrected chi connectivity index (χ4v) is 3.90. The molecule has 184 valence electrons. The van der Waals surface area contributed by atoms with Crippen LogP contribution >= 0.6 is 12.2 Å². The van der Waals surface area contributed by atoms with Gasteiger partial charge in [-0.1, -0.05) is 66.8 Å². The Balaban J connectivity index is 1.58. The summed E-state index contributed by atoms with van der Waals surface area (Å²) in [5.41, 5.74) is 6.79. The molecular formula is C27H23NO7S. The number of hydrogen-bond donors (Lipinski definition) is 1. The molecule has 3 aromatic carbocycles. The van der Waals surface area contributed by atoms with Gasteiger partial charge in [0.2, 0.25) is 0 Å². The zero-order chi connectivity index (χ0) is 25.5. The molecule has 3 aromatic rings. The van der Waals surface area contributed by atoms with Crippen molar-refractivity contribution in [2.75, 3.05) is 6.61 Å². The van der Waals surface area contributed by atoms with Crippen molar-refractivity contribution in [1.82, 2.24) is 0 Å². The molecule has 0 aliphatic carbocycles. The van der Waals surface area contributed by atoms with E-state index in [1.165, 1.54) is 0 Å². The smallest absolute Gasteiger partial charge is 0.338 e. The quantitative estimate of drug-likeness (QED) is 0.280. The van der Waals surface area contributed by atoms with Gasteiger partial charge in [0, 0.05) is 0 Å². The molecule has 2 N–H and O–H groups in total. The first-order chi connectivity index (χ1) is 17.4. The van der Waals surface area contributed by atoms with Gasteiger partial charge in [0.15, 0.2) is 12.2 Å². The van der Waals surface area contributed by atoms with Gasteiger partial charge >= 0.3 is 17.9 Å². The monoisotopic (exact) mass is 505 g/mol. The molecule has 0 saturated carbocycles. The van der Waals surface area contributed by atoms with Crippen molar-refractivity contribution in [2.45, 2.75) is 24.4 Å². The molecule has 4 atom stereocenters. The molecule has 1 aliphatic rings. The molecule has 0 aromatic heterocycles. The summed E-state index contributed by atoms with van der Waals surface area (Å²) in [6, 6.07) is 25.0. The maximum Gasteiger partial charge on any atom is 0.338 e. The van der Waals surface area contributed by atoms with E-state index in [9.17, 15) is 14.4 Å². The Hall–Kier alpha value is -4.08. The van der Waals surface area contributed by atoms with Crippen LogP contribution in [-0.2, 0) is 18.9 Å². The zero-order valence-electron chi connectivity index (χ0n) is 19.0. The molecule has 9 heteroatoms. The highest BCUT2D eigenvalue weighted by Gasteiger charge is 2.51. The lowest BCUT2D eigenvalue weighted by molar-refractivity contribution is -0.0436. The summed E-state index contributed by atoms with van der Waals surface area (Å²) in [5.74, 6) is -1.94. The van der Waals surface area contributed by atoms with Gasteiger partial charge in [0.25, 0.3) is 0 Å². The predicted molar refractivity (Wildman–Crippen MR) is 133 cm³/mol. The van der Waals surface area contributed by atoms with Crippen molar-refractivity contribution in [2.24, 2.45) is 5.73 Å². The summed E-state index contributed by atoms with van der Waals surface area (Å²) in [7, 11) is 0. The van der Waals surface area contributed by atoms with Crippen LogP contribution in [-0.4, -0.2) is 53.9 Å². The van der Waals surface area contributed by atoms with Crippen molar-refractivity contribution in [3.05, 3.63) is 108 Å². The second-order valence-electron chi connectivity index (χ2n) is 7.93. The molecule has 1 heterocycles. The molecule has 0 amide bonds. The van der Waals surface area contributed by atoms with Crippen LogP contribution in [0.3, 0.4) is 0 Å². The number of thiocarbonyl (C=S) groups is 1. The van der Waals surface area contributed by atoms with E-state index in [1.807, 2.05) is 0 Å². The minimum absolute atomic E-state index is 0.0986. The minimum Gasteiger partial charge on any atom is -0.459 e. The van der Waals surface area contributed by atoms with E-state index in [1.54, 1.807) is 91.0 Å². The largest absolute Gasteiger partial charge is 0.459 e. The van der Waals surface area contributed by atoms with Gasteiger partial charge in [-0.15, -0.1) is 0 Å². The average Bonchev–Trinajstić information content (AvgIpc) is 3.25. The predicted octanol–water partition coefficient (Wildman–Crippen LogP) is 3.35. The van der Waals surface area contributed by atoms with Crippen molar-refractivity contribution >= 4 is 35.1 Å². The second-order valence-corrected chi connectivity index (χ2v) is 8.41. The van der Waals surface area contributed by atoms with E-state index in [-0.39, 0.29) is 22.7 Å². The van der Waals surface area contributed by atoms with Crippen LogP contribution in [0.4, 0.5) is 0 Å². The van der Waals surface area contributed by atoms with Crippen LogP contribution in [0.2, 0.25) is 0 Å². The Morgan fingerprint density at radius 3 is 1.56 bits per heavy atom. The zero-order valence-corrected chi connectivity index (χ0v) is 19.8. The van der Waals surface area contributed by atoms with Crippen LogP contribution in [0.1, 0.15) is 31.1 Å². The van der Waals surface area contributed by atoms with Crippen LogP contribution in [0.15, 0.2) is 91.0 Å². The third-order valence-electron chi connectivity index (χ3n) is 5.48. The third-order valence-corrected chi connectivity index (χ3v) is 5.72. The first-order valence-corrected chi connectivity index (χ1v) is 11.5. The van der Waals surface area contributed by atoms with Crippen LogP contribution < -0.4 is 5.73 Å². The number of ether oxygens (including phenoxy) is 4. The second kappa shape index (κ2) is 11.6. The Labute approximate surface area is 212 Å². The highest BCUT2D eigenvalue weighted by atomic mass is 32.1. The normalized spacial score (nSPS) is 20.8. The van der Waals surface area contributed by atoms with Gasteiger partial charge in [-0.25, -0.2) is 14.4 Å². The molecule has 0 spiro atoms. The summed E-state index contributed by atoms with van der Waals surface area (Å²) in [4.78, 5) is 38.1. The molecule has 0 radical (unpaired) electrons. The molecule has 1 unspecified atom stereocenters. The van der Waals surface area contributed by atoms with Crippen molar-refractivity contribution in [1.29, 1.82) is 0 Å². The van der Waals surface area contributed by atoms with E-state index in [0.717, 1.165) is 0 Å². The Kier molecular flexibility index (Phi) is 8.04. The van der Waals surface area contributed by atoms with Gasteiger partial charge < -0.3 is 24.7 Å². The number of carbonyl (C=O) groups is 3. The van der Waals surface area contributed by atoms with E-state index >= 15 is 0 Å². The SMILES string of the molecule is NC(=S)[C@@H]1O[C@H](COC(=O)c2ccccc2)[C@H](OC(=O)c2ccccc2)C1OC(=O)c1ccccc1. The Morgan fingerprint density at radius 1 is 0.694 bits per heavy atom. The van der Waals surface area contributed by atoms with Crippen molar-refractivity contribution < 1.29 is 33.3 Å². The van der Waals surface area contributed by atoms with Gasteiger partial charge in [-0.05, 0) is 36.4 Å². The summed E-state index contributed by atoms with van der Waals surface area (Å²) in [6.45, 7) is -0.293. The number of esters is 3. The number of rotatable bonds is 8. The number of hydrogen-bond acceptors (Lipinski definition) is 8. The van der Waals surface area contributed by atoms with Crippen LogP contribution in [0.25, 0.3) is 0 Å². The van der Waals surface area contributed by atoms with E-state index in [4.69, 9.17) is 36.9 Å². The first kappa shape index (κ1) is 25.0. The molecule has 0 bridgehead atoms. The number of benzene rings is 3. The van der Waals surface area contributed by atoms with Gasteiger partial charge in [0.05, 0.1) is 16.7 Å². The van der Waals surface area contributed by atoms with E-state index < -0.39 is 42.3 Å². The van der Waals surface area contributed by atoms with Crippen LogP contribution in [0, 0.1) is 0 Å². The fraction of sp³-hybridized carbons (Fsp3) is 0.185. The lowest BCUT2D eigenvalue weighted by Gasteiger charge is -2.24. The average molecular weight is 506 g/mol. The first-order valence-electron chi connectivity index (χ1n) is 11.1. The Morgan fingerprint density at radius 2 is 1.11 bits per heavy atom. The highest BCUT2D eigenvalue weighted by Crippen LogP contribution is 2.29. The van der Waals surface area contributed by atoms with Crippen LogP contribution in [0.5, 0.6) is 0 Å². The summed E-state index contributed by atoms with van der Waals surface area (Å²) in [6.07, 6.45) is -4.38. The van der Waals surface area contributed by atoms with Crippen molar-refractivity contribution in [3.63, 3.8) is 0 Å². The fourth-order valence-electron chi connectivity index (χ4n) is 3.71. The lowest BCUT2D eigenvalue weighted by atomic mass is 10.1. The number of nitrogens with two attached hydrogens (primary N) is 1. The van der Waals surface area contributed by atoms with Gasteiger partial charge in [0.1, 0.15) is 23.8 Å². The number of carbonyl (C=O) groups excluding carboxylic acids is 3. The summed E-state index contributed by atoms with van der Waals surface area (Å²) in [5, 5.41) is 0. The molecule has 36 heavy (non-hydrogen) atoms. The summed E-state index contributed by atoms with van der Waals surface area (Å²) >= 11 is 5.14. The molecule has 8 nitrogen and oxygen atoms in total. The van der Waals surface area contributed by atoms with Crippen molar-refractivity contribution in [3.8, 4) is 0 Å². The van der Waals surface area contributed by atoms with E-state index in [0.29, 0.717) is 5.56 Å². The Bertz CT molecular complexity index is 1220. The maximum atomic E-state index is 12.9.